The molecule has 32 heavy (non-hydrogen) atoms. The number of hydrogen-bond donors (Lipinski definition) is 0. The van der Waals surface area contributed by atoms with Crippen LogP contribution in [0.4, 0.5) is 5.13 Å². The number of anilines is 1. The Morgan fingerprint density at radius 2 is 1.94 bits per heavy atom. The van der Waals surface area contributed by atoms with Gasteiger partial charge in [0.15, 0.2) is 17.5 Å². The van der Waals surface area contributed by atoms with Crippen LogP contribution in [0.25, 0.3) is 11.3 Å². The molecule has 164 valence electrons. The van der Waals surface area contributed by atoms with Crippen molar-refractivity contribution in [3.8, 4) is 11.3 Å². The summed E-state index contributed by atoms with van der Waals surface area (Å²) in [7, 11) is 0. The maximum Gasteiger partial charge on any atom is 0.311 e. The quantitative estimate of drug-likeness (QED) is 0.381. The van der Waals surface area contributed by atoms with Crippen LogP contribution in [-0.4, -0.2) is 35.8 Å². The lowest BCUT2D eigenvalue weighted by atomic mass is 10.1. The van der Waals surface area contributed by atoms with Crippen molar-refractivity contribution in [3.05, 3.63) is 69.6 Å². The van der Waals surface area contributed by atoms with Gasteiger partial charge >= 0.3 is 5.97 Å². The third-order valence-electron chi connectivity index (χ3n) is 5.29. The first kappa shape index (κ1) is 22.2. The van der Waals surface area contributed by atoms with Crippen LogP contribution in [0.2, 0.25) is 5.02 Å². The molecule has 6 nitrogen and oxygen atoms in total. The van der Waals surface area contributed by atoms with Crippen LogP contribution in [0, 0.1) is 19.8 Å². The van der Waals surface area contributed by atoms with Crippen molar-refractivity contribution in [1.82, 2.24) is 4.98 Å². The lowest BCUT2D eigenvalue weighted by Gasteiger charge is -2.12. The normalized spacial score (nSPS) is 15.8. The van der Waals surface area contributed by atoms with Crippen LogP contribution >= 0.6 is 22.9 Å². The minimum absolute atomic E-state index is 0.0304. The number of aryl methyl sites for hydroxylation is 2. The molecule has 1 amide bonds. The highest BCUT2D eigenvalue weighted by molar-refractivity contribution is 7.16. The van der Waals surface area contributed by atoms with Crippen molar-refractivity contribution in [1.29, 1.82) is 0 Å². The number of amides is 1. The highest BCUT2D eigenvalue weighted by Gasteiger charge is 2.38. The fourth-order valence-corrected chi connectivity index (χ4v) is 4.68. The molecule has 0 N–H and O–H groups in total. The number of esters is 1. The number of hydrogen-bond acceptors (Lipinski definition) is 6. The maximum absolute atomic E-state index is 12.6. The Balaban J connectivity index is 1.41. The minimum atomic E-state index is -0.637. The van der Waals surface area contributed by atoms with Crippen molar-refractivity contribution in [2.75, 3.05) is 18.1 Å². The number of ketones is 1. The summed E-state index contributed by atoms with van der Waals surface area (Å²) in [5.41, 5.74) is 3.34. The lowest BCUT2D eigenvalue weighted by molar-refractivity contribution is -0.147. The molecule has 0 saturated carbocycles. The van der Waals surface area contributed by atoms with Gasteiger partial charge in [0, 0.05) is 34.0 Å². The lowest BCUT2D eigenvalue weighted by Crippen LogP contribution is -2.27. The Morgan fingerprint density at radius 1 is 1.19 bits per heavy atom. The Morgan fingerprint density at radius 3 is 2.66 bits per heavy atom. The highest BCUT2D eigenvalue weighted by Crippen LogP contribution is 2.35. The van der Waals surface area contributed by atoms with E-state index in [1.807, 2.05) is 38.1 Å². The second-order valence-corrected chi connectivity index (χ2v) is 9.33. The van der Waals surface area contributed by atoms with Gasteiger partial charge in [-0.2, -0.15) is 0 Å². The van der Waals surface area contributed by atoms with Gasteiger partial charge in [-0.05, 0) is 26.0 Å². The monoisotopic (exact) mass is 468 g/mol. The van der Waals surface area contributed by atoms with E-state index in [4.69, 9.17) is 16.3 Å². The predicted octanol–water partition coefficient (Wildman–Crippen LogP) is 4.86. The van der Waals surface area contributed by atoms with Crippen LogP contribution in [0.3, 0.4) is 0 Å². The summed E-state index contributed by atoms with van der Waals surface area (Å²) in [5, 5.41) is 0.997. The largest absolute Gasteiger partial charge is 0.457 e. The summed E-state index contributed by atoms with van der Waals surface area (Å²) < 4.78 is 5.20. The molecule has 1 aromatic heterocycles. The van der Waals surface area contributed by atoms with Gasteiger partial charge in [-0.1, -0.05) is 53.6 Å². The van der Waals surface area contributed by atoms with Crippen LogP contribution < -0.4 is 4.90 Å². The van der Waals surface area contributed by atoms with Crippen molar-refractivity contribution >= 4 is 45.7 Å². The molecule has 1 fully saturated rings. The van der Waals surface area contributed by atoms with Crippen LogP contribution in [-0.2, 0) is 14.3 Å². The van der Waals surface area contributed by atoms with E-state index in [0.717, 1.165) is 21.7 Å². The molecule has 8 heteroatoms. The van der Waals surface area contributed by atoms with Gasteiger partial charge in [0.1, 0.15) is 0 Å². The number of benzene rings is 2. The number of carbonyl (C=O) groups excluding carboxylic acids is 3. The number of nitrogens with zero attached hydrogens (tertiary/aromatic N) is 2. The summed E-state index contributed by atoms with van der Waals surface area (Å²) in [4.78, 5) is 44.5. The molecule has 0 spiro atoms. The number of halogens is 1. The van der Waals surface area contributed by atoms with Gasteiger partial charge < -0.3 is 4.74 Å². The molecule has 1 aliphatic heterocycles. The van der Waals surface area contributed by atoms with E-state index >= 15 is 0 Å². The molecule has 3 aromatic rings. The van der Waals surface area contributed by atoms with E-state index < -0.39 is 18.5 Å². The third-order valence-corrected chi connectivity index (χ3v) is 6.52. The fourth-order valence-electron chi connectivity index (χ4n) is 3.53. The second kappa shape index (κ2) is 9.22. The highest BCUT2D eigenvalue weighted by atomic mass is 35.5. The van der Waals surface area contributed by atoms with Gasteiger partial charge in [-0.25, -0.2) is 4.98 Å². The summed E-state index contributed by atoms with van der Waals surface area (Å²) in [6, 6.07) is 14.5. The molecular formula is C24H21ClN2O4S. The number of aromatic nitrogens is 1. The molecule has 4 rings (SSSR count). The first-order valence-electron chi connectivity index (χ1n) is 10.1. The molecule has 0 radical (unpaired) electrons. The summed E-state index contributed by atoms with van der Waals surface area (Å²) in [6.45, 7) is 3.78. The molecule has 1 atom stereocenters. The number of carbonyl (C=O) groups is 3. The average molecular weight is 469 g/mol. The minimum Gasteiger partial charge on any atom is -0.457 e. The Labute approximate surface area is 194 Å². The van der Waals surface area contributed by atoms with Crippen LogP contribution in [0.15, 0.2) is 48.5 Å². The van der Waals surface area contributed by atoms with E-state index in [9.17, 15) is 14.4 Å². The SMILES string of the molecule is Cc1ccc(-c2nc(N3CC(C(=O)OCC(=O)c4cccc(Cl)c4)CC3=O)sc2C)cc1. The zero-order chi connectivity index (χ0) is 22.8. The van der Waals surface area contributed by atoms with E-state index in [2.05, 4.69) is 4.98 Å². The van der Waals surface area contributed by atoms with Crippen LogP contribution in [0.1, 0.15) is 27.2 Å². The van der Waals surface area contributed by atoms with Gasteiger partial charge in [0.2, 0.25) is 5.91 Å². The second-order valence-electron chi connectivity index (χ2n) is 7.71. The molecule has 1 unspecified atom stereocenters. The Bertz CT molecular complexity index is 1190. The van der Waals surface area contributed by atoms with Crippen molar-refractivity contribution in [2.45, 2.75) is 20.3 Å². The summed E-state index contributed by atoms with van der Waals surface area (Å²) >= 11 is 7.32. The fraction of sp³-hybridized carbons (Fsp3) is 0.250. The van der Waals surface area contributed by atoms with Crippen molar-refractivity contribution in [3.63, 3.8) is 0 Å². The molecule has 2 heterocycles. The van der Waals surface area contributed by atoms with Gasteiger partial charge in [-0.15, -0.1) is 11.3 Å². The number of thiazole rings is 1. The average Bonchev–Trinajstić information content (AvgIpc) is 3.35. The topological polar surface area (TPSA) is 76.6 Å². The standard InChI is InChI=1S/C24H21ClN2O4S/c1-14-6-8-16(9-7-14)22-15(2)32-24(26-22)27-12-18(11-21(27)29)23(30)31-13-20(28)17-4-3-5-19(25)10-17/h3-10,18H,11-13H2,1-2H3. The molecule has 1 aliphatic rings. The number of rotatable bonds is 6. The summed E-state index contributed by atoms with van der Waals surface area (Å²) in [5.74, 6) is -1.73. The van der Waals surface area contributed by atoms with E-state index in [-0.39, 0.29) is 24.7 Å². The summed E-state index contributed by atoms with van der Waals surface area (Å²) in [6.07, 6.45) is 0.0304. The number of Topliss-reactive ketones (excluding diaryl/α,β-unsaturated/α-hetero) is 1. The van der Waals surface area contributed by atoms with E-state index in [1.54, 1.807) is 18.2 Å². The molecule has 0 aliphatic carbocycles. The molecule has 2 aromatic carbocycles. The predicted molar refractivity (Wildman–Crippen MR) is 124 cm³/mol. The first-order valence-corrected chi connectivity index (χ1v) is 11.3. The van der Waals surface area contributed by atoms with E-state index in [0.29, 0.717) is 15.7 Å². The van der Waals surface area contributed by atoms with E-state index in [1.165, 1.54) is 22.3 Å². The van der Waals surface area contributed by atoms with Gasteiger partial charge in [-0.3, -0.25) is 19.3 Å². The van der Waals surface area contributed by atoms with Crippen LogP contribution in [0.5, 0.6) is 0 Å². The maximum atomic E-state index is 12.6. The van der Waals surface area contributed by atoms with Crippen molar-refractivity contribution < 1.29 is 19.1 Å². The number of ether oxygens (including phenoxy) is 1. The van der Waals surface area contributed by atoms with Gasteiger partial charge in [0.25, 0.3) is 0 Å². The zero-order valence-electron chi connectivity index (χ0n) is 17.6. The molecule has 0 bridgehead atoms. The third kappa shape index (κ3) is 4.74. The zero-order valence-corrected chi connectivity index (χ0v) is 19.2. The first-order chi connectivity index (χ1) is 15.3. The smallest absolute Gasteiger partial charge is 0.311 e. The van der Waals surface area contributed by atoms with Gasteiger partial charge in [0.05, 0.1) is 11.6 Å². The molecular weight excluding hydrogens is 448 g/mol. The molecule has 1 saturated heterocycles. The van der Waals surface area contributed by atoms with Crippen molar-refractivity contribution in [2.24, 2.45) is 5.92 Å². The Kier molecular flexibility index (Phi) is 6.39. The Hall–Kier alpha value is -3.03.